The molecule has 20 heavy (non-hydrogen) atoms. The molecule has 2 aromatic rings. The molecule has 2 rings (SSSR count). The zero-order chi connectivity index (χ0) is 14.5. The van der Waals surface area contributed by atoms with Crippen LogP contribution in [-0.2, 0) is 0 Å². The third-order valence-electron chi connectivity index (χ3n) is 3.05. The number of halogens is 1. The van der Waals surface area contributed by atoms with E-state index in [-0.39, 0.29) is 11.2 Å². The predicted octanol–water partition coefficient (Wildman–Crippen LogP) is 3.81. The van der Waals surface area contributed by atoms with Crippen molar-refractivity contribution in [3.05, 3.63) is 52.4 Å². The largest absolute Gasteiger partial charge is 0.363 e. The first kappa shape index (κ1) is 14.5. The van der Waals surface area contributed by atoms with E-state index in [1.807, 2.05) is 30.3 Å². The van der Waals surface area contributed by atoms with Gasteiger partial charge in [-0.15, -0.1) is 0 Å². The average Bonchev–Trinajstić information content (AvgIpc) is 2.45. The fourth-order valence-corrected chi connectivity index (χ4v) is 2.29. The van der Waals surface area contributed by atoms with E-state index in [1.54, 1.807) is 6.92 Å². The molecule has 1 aromatic heterocycles. The lowest BCUT2D eigenvalue weighted by Gasteiger charge is -2.19. The smallest absolute Gasteiger partial charge is 0.156 e. The van der Waals surface area contributed by atoms with Gasteiger partial charge in [-0.1, -0.05) is 48.9 Å². The molecule has 0 amide bonds. The first-order chi connectivity index (χ1) is 9.65. The van der Waals surface area contributed by atoms with Crippen molar-refractivity contribution in [2.75, 3.05) is 5.32 Å². The first-order valence-electron chi connectivity index (χ1n) is 6.46. The molecule has 1 N–H and O–H groups in total. The van der Waals surface area contributed by atoms with Gasteiger partial charge in [0.15, 0.2) is 6.29 Å². The number of aldehydes is 1. The number of rotatable bonds is 5. The van der Waals surface area contributed by atoms with Crippen LogP contribution in [0.4, 0.5) is 5.82 Å². The van der Waals surface area contributed by atoms with E-state index in [4.69, 9.17) is 11.6 Å². The zero-order valence-electron chi connectivity index (χ0n) is 11.4. The van der Waals surface area contributed by atoms with Gasteiger partial charge in [-0.25, -0.2) is 9.97 Å². The van der Waals surface area contributed by atoms with Gasteiger partial charge in [0.1, 0.15) is 16.8 Å². The van der Waals surface area contributed by atoms with Crippen molar-refractivity contribution < 1.29 is 4.79 Å². The highest BCUT2D eigenvalue weighted by Crippen LogP contribution is 2.25. The maximum atomic E-state index is 11.2. The molecule has 4 nitrogen and oxygen atoms in total. The fraction of sp³-hybridized carbons (Fsp3) is 0.267. The van der Waals surface area contributed by atoms with Gasteiger partial charge < -0.3 is 5.32 Å². The van der Waals surface area contributed by atoms with Gasteiger partial charge in [0.2, 0.25) is 0 Å². The molecule has 0 fully saturated rings. The van der Waals surface area contributed by atoms with Crippen LogP contribution in [0.25, 0.3) is 0 Å². The summed E-state index contributed by atoms with van der Waals surface area (Å²) in [6, 6.07) is 10.1. The van der Waals surface area contributed by atoms with E-state index in [1.165, 1.54) is 0 Å². The minimum atomic E-state index is 0.0697. The molecule has 1 aromatic carbocycles. The summed E-state index contributed by atoms with van der Waals surface area (Å²) in [4.78, 5) is 19.4. The number of hydrogen-bond acceptors (Lipinski definition) is 4. The Morgan fingerprint density at radius 1 is 1.30 bits per heavy atom. The number of carbonyl (C=O) groups excluding carboxylic acids is 1. The van der Waals surface area contributed by atoms with E-state index in [0.717, 1.165) is 12.0 Å². The van der Waals surface area contributed by atoms with Gasteiger partial charge in [0.25, 0.3) is 0 Å². The van der Waals surface area contributed by atoms with Crippen LogP contribution < -0.4 is 5.32 Å². The Labute approximate surface area is 123 Å². The van der Waals surface area contributed by atoms with Crippen molar-refractivity contribution in [1.82, 2.24) is 9.97 Å². The molecule has 0 aliphatic carbocycles. The molecule has 0 saturated heterocycles. The molecule has 0 saturated carbocycles. The number of benzene rings is 1. The SMILES string of the molecule is CCC(Nc1nc(C)nc(Cl)c1C=O)c1ccccc1. The van der Waals surface area contributed by atoms with Gasteiger partial charge in [0.05, 0.1) is 11.6 Å². The summed E-state index contributed by atoms with van der Waals surface area (Å²) in [7, 11) is 0. The highest BCUT2D eigenvalue weighted by molar-refractivity contribution is 6.32. The highest BCUT2D eigenvalue weighted by Gasteiger charge is 2.15. The van der Waals surface area contributed by atoms with Crippen molar-refractivity contribution in [2.24, 2.45) is 0 Å². The summed E-state index contributed by atoms with van der Waals surface area (Å²) in [5.74, 6) is 1.01. The number of aromatic nitrogens is 2. The van der Waals surface area contributed by atoms with Crippen molar-refractivity contribution >= 4 is 23.7 Å². The Kier molecular flexibility index (Phi) is 4.69. The Balaban J connectivity index is 2.35. The van der Waals surface area contributed by atoms with Gasteiger partial charge in [0, 0.05) is 0 Å². The van der Waals surface area contributed by atoms with Gasteiger partial charge in [-0.2, -0.15) is 0 Å². The maximum absolute atomic E-state index is 11.2. The van der Waals surface area contributed by atoms with Crippen molar-refractivity contribution in [3.63, 3.8) is 0 Å². The topological polar surface area (TPSA) is 54.9 Å². The van der Waals surface area contributed by atoms with E-state index in [0.29, 0.717) is 23.5 Å². The molecule has 0 aliphatic heterocycles. The molecule has 0 bridgehead atoms. The van der Waals surface area contributed by atoms with Crippen LogP contribution in [0.5, 0.6) is 0 Å². The number of carbonyl (C=O) groups is 1. The van der Waals surface area contributed by atoms with Gasteiger partial charge in [-0.05, 0) is 18.9 Å². The minimum Gasteiger partial charge on any atom is -0.363 e. The summed E-state index contributed by atoms with van der Waals surface area (Å²) in [5, 5.41) is 3.46. The predicted molar refractivity (Wildman–Crippen MR) is 80.3 cm³/mol. The summed E-state index contributed by atoms with van der Waals surface area (Å²) < 4.78 is 0. The van der Waals surface area contributed by atoms with E-state index in [2.05, 4.69) is 22.2 Å². The second kappa shape index (κ2) is 6.48. The molecular weight excluding hydrogens is 274 g/mol. The molecule has 0 aliphatic rings. The van der Waals surface area contributed by atoms with E-state index in [9.17, 15) is 4.79 Å². The van der Waals surface area contributed by atoms with Crippen LogP contribution in [0.2, 0.25) is 5.15 Å². The third-order valence-corrected chi connectivity index (χ3v) is 3.34. The van der Waals surface area contributed by atoms with Gasteiger partial charge >= 0.3 is 0 Å². The summed E-state index contributed by atoms with van der Waals surface area (Å²) in [5.41, 5.74) is 1.44. The van der Waals surface area contributed by atoms with Crippen LogP contribution in [-0.4, -0.2) is 16.3 Å². The molecule has 0 spiro atoms. The van der Waals surface area contributed by atoms with Crippen molar-refractivity contribution in [1.29, 1.82) is 0 Å². The quantitative estimate of drug-likeness (QED) is 0.672. The van der Waals surface area contributed by atoms with E-state index >= 15 is 0 Å². The van der Waals surface area contributed by atoms with E-state index < -0.39 is 0 Å². The maximum Gasteiger partial charge on any atom is 0.156 e. The summed E-state index contributed by atoms with van der Waals surface area (Å²) in [6.07, 6.45) is 1.55. The molecule has 0 radical (unpaired) electrons. The van der Waals surface area contributed by atoms with Crippen molar-refractivity contribution in [3.8, 4) is 0 Å². The Bertz CT molecular complexity index is 602. The number of nitrogens with one attached hydrogen (secondary N) is 1. The Hall–Kier alpha value is -1.94. The third kappa shape index (κ3) is 3.14. The number of aryl methyl sites for hydroxylation is 1. The molecule has 1 unspecified atom stereocenters. The minimum absolute atomic E-state index is 0.0697. The Morgan fingerprint density at radius 2 is 2.00 bits per heavy atom. The highest BCUT2D eigenvalue weighted by atomic mass is 35.5. The monoisotopic (exact) mass is 289 g/mol. The summed E-state index contributed by atoms with van der Waals surface area (Å²) >= 11 is 5.99. The van der Waals surface area contributed by atoms with Crippen LogP contribution in [0.15, 0.2) is 30.3 Å². The zero-order valence-corrected chi connectivity index (χ0v) is 12.2. The number of anilines is 1. The molecule has 1 atom stereocenters. The van der Waals surface area contributed by atoms with Crippen LogP contribution in [0.3, 0.4) is 0 Å². The Morgan fingerprint density at radius 3 is 2.60 bits per heavy atom. The van der Waals surface area contributed by atoms with Crippen molar-refractivity contribution in [2.45, 2.75) is 26.3 Å². The van der Waals surface area contributed by atoms with Crippen LogP contribution in [0, 0.1) is 6.92 Å². The lowest BCUT2D eigenvalue weighted by atomic mass is 10.0. The molecular formula is C15H16ClN3O. The normalized spacial score (nSPS) is 11.9. The van der Waals surface area contributed by atoms with Crippen LogP contribution in [0.1, 0.15) is 41.1 Å². The number of hydrogen-bond donors (Lipinski definition) is 1. The first-order valence-corrected chi connectivity index (χ1v) is 6.84. The second-order valence-electron chi connectivity index (χ2n) is 4.46. The van der Waals surface area contributed by atoms with Crippen LogP contribution >= 0.6 is 11.6 Å². The summed E-state index contributed by atoms with van der Waals surface area (Å²) in [6.45, 7) is 3.82. The standard InChI is InChI=1S/C15H16ClN3O/c1-3-13(11-7-5-4-6-8-11)19-15-12(9-20)14(16)17-10(2)18-15/h4-9,13H,3H2,1-2H3,(H,17,18,19). The lowest BCUT2D eigenvalue weighted by Crippen LogP contribution is -2.13. The molecule has 1 heterocycles. The average molecular weight is 290 g/mol. The van der Waals surface area contributed by atoms with Gasteiger partial charge in [-0.3, -0.25) is 4.79 Å². The lowest BCUT2D eigenvalue weighted by molar-refractivity contribution is 0.112. The molecule has 104 valence electrons. The second-order valence-corrected chi connectivity index (χ2v) is 4.82. The fourth-order valence-electron chi connectivity index (χ4n) is 2.03. The molecule has 5 heteroatoms. The number of nitrogens with zero attached hydrogens (tertiary/aromatic N) is 2.